The number of carboxylic acid groups (broad SMARTS) is 1. The third-order valence-corrected chi connectivity index (χ3v) is 5.11. The predicted molar refractivity (Wildman–Crippen MR) is 88.4 cm³/mol. The van der Waals surface area contributed by atoms with Crippen molar-refractivity contribution in [3.8, 4) is 0 Å². The molecule has 1 rings (SSSR count). The highest BCUT2D eigenvalue weighted by Gasteiger charge is 2.22. The van der Waals surface area contributed by atoms with Gasteiger partial charge in [-0.15, -0.1) is 0 Å². The molecule has 0 heterocycles. The summed E-state index contributed by atoms with van der Waals surface area (Å²) in [6, 6.07) is 3.62. The minimum atomic E-state index is -3.58. The second-order valence-corrected chi connectivity index (χ2v) is 7.69. The first-order valence-corrected chi connectivity index (χ1v) is 9.38. The lowest BCUT2D eigenvalue weighted by molar-refractivity contribution is -0.121. The average molecular weight is 341 g/mol. The maximum Gasteiger partial charge on any atom is 0.335 e. The van der Waals surface area contributed by atoms with Gasteiger partial charge in [-0.05, 0) is 24.1 Å². The van der Waals surface area contributed by atoms with Crippen LogP contribution in [0.5, 0.6) is 0 Å². The van der Waals surface area contributed by atoms with Crippen LogP contribution >= 0.6 is 0 Å². The molecule has 0 saturated carbocycles. The third-order valence-electron chi connectivity index (χ3n) is 4.02. The Morgan fingerprint density at radius 3 is 2.17 bits per heavy atom. The molecule has 7 heteroatoms. The molecule has 0 aliphatic rings. The lowest BCUT2D eigenvalue weighted by atomic mass is 9.88. The highest BCUT2D eigenvalue weighted by molar-refractivity contribution is 7.90. The number of hydrogen-bond donors (Lipinski definition) is 2. The van der Waals surface area contributed by atoms with Gasteiger partial charge in [0, 0.05) is 17.9 Å². The van der Waals surface area contributed by atoms with Crippen LogP contribution in [0.25, 0.3) is 0 Å². The maximum atomic E-state index is 12.3. The summed E-state index contributed by atoms with van der Waals surface area (Å²) >= 11 is 0. The molecule has 0 bridgehead atoms. The molecule has 128 valence electrons. The quantitative estimate of drug-likeness (QED) is 0.794. The van der Waals surface area contributed by atoms with Crippen molar-refractivity contribution in [1.82, 2.24) is 0 Å². The number of hydrogen-bond acceptors (Lipinski definition) is 4. The molecule has 23 heavy (non-hydrogen) atoms. The summed E-state index contributed by atoms with van der Waals surface area (Å²) in [5.41, 5.74) is -0.00783. The van der Waals surface area contributed by atoms with Crippen LogP contribution in [-0.2, 0) is 14.6 Å². The summed E-state index contributed by atoms with van der Waals surface area (Å²) in [5, 5.41) is 11.7. The van der Waals surface area contributed by atoms with Gasteiger partial charge in [-0.3, -0.25) is 4.79 Å². The van der Waals surface area contributed by atoms with Gasteiger partial charge in [-0.2, -0.15) is 0 Å². The van der Waals surface area contributed by atoms with Crippen LogP contribution < -0.4 is 5.32 Å². The van der Waals surface area contributed by atoms with Crippen molar-refractivity contribution < 1.29 is 23.1 Å². The van der Waals surface area contributed by atoms with Crippen molar-refractivity contribution in [2.24, 2.45) is 11.8 Å². The monoisotopic (exact) mass is 341 g/mol. The Morgan fingerprint density at radius 1 is 1.17 bits per heavy atom. The molecule has 1 amide bonds. The van der Waals surface area contributed by atoms with Crippen molar-refractivity contribution in [3.05, 3.63) is 23.8 Å². The van der Waals surface area contributed by atoms with E-state index < -0.39 is 15.8 Å². The molecule has 0 saturated heterocycles. The zero-order chi connectivity index (χ0) is 17.8. The zero-order valence-electron chi connectivity index (χ0n) is 13.8. The van der Waals surface area contributed by atoms with E-state index in [0.29, 0.717) is 0 Å². The number of benzene rings is 1. The Balaban J connectivity index is 3.15. The normalized spacial score (nSPS) is 12.9. The molecule has 1 atom stereocenters. The van der Waals surface area contributed by atoms with Gasteiger partial charge in [0.1, 0.15) is 0 Å². The van der Waals surface area contributed by atoms with Crippen molar-refractivity contribution >= 4 is 27.4 Å². The summed E-state index contributed by atoms with van der Waals surface area (Å²) in [6.45, 7) is 5.82. The van der Waals surface area contributed by atoms with Gasteiger partial charge in [-0.25, -0.2) is 13.2 Å². The van der Waals surface area contributed by atoms with Crippen LogP contribution in [0.15, 0.2) is 23.1 Å². The van der Waals surface area contributed by atoms with E-state index in [0.717, 1.165) is 25.2 Å². The standard InChI is InChI=1S/C16H23NO5S/c1-5-11(6-2)10(3)15(18)17-13-7-12(16(19)20)8-14(9-13)23(4,21)22/h7-11H,5-6H2,1-4H3,(H,17,18)(H,19,20). The smallest absolute Gasteiger partial charge is 0.335 e. The molecule has 0 aromatic heterocycles. The van der Waals surface area contributed by atoms with Gasteiger partial charge in [-0.1, -0.05) is 33.6 Å². The van der Waals surface area contributed by atoms with E-state index in [1.807, 2.05) is 20.8 Å². The molecule has 1 aromatic carbocycles. The fourth-order valence-electron chi connectivity index (χ4n) is 2.47. The molecule has 0 aliphatic carbocycles. The highest BCUT2D eigenvalue weighted by Crippen LogP contribution is 2.23. The average Bonchev–Trinajstić information content (AvgIpc) is 2.46. The summed E-state index contributed by atoms with van der Waals surface area (Å²) in [4.78, 5) is 23.3. The molecule has 2 N–H and O–H groups in total. The van der Waals surface area contributed by atoms with E-state index in [-0.39, 0.29) is 33.9 Å². The Bertz CT molecular complexity index is 692. The van der Waals surface area contributed by atoms with Crippen LogP contribution in [-0.4, -0.2) is 31.7 Å². The first-order chi connectivity index (χ1) is 10.6. The summed E-state index contributed by atoms with van der Waals surface area (Å²) in [5.74, 6) is -1.54. The van der Waals surface area contributed by atoms with E-state index in [9.17, 15) is 18.0 Å². The summed E-state index contributed by atoms with van der Waals surface area (Å²) in [7, 11) is -3.58. The number of carbonyl (C=O) groups excluding carboxylic acids is 1. The van der Waals surface area contributed by atoms with Crippen LogP contribution in [0.2, 0.25) is 0 Å². The second kappa shape index (κ2) is 7.59. The fraction of sp³-hybridized carbons (Fsp3) is 0.500. The van der Waals surface area contributed by atoms with Crippen LogP contribution in [0, 0.1) is 11.8 Å². The number of aromatic carboxylic acids is 1. The Labute approximate surface area is 136 Å². The molecular weight excluding hydrogens is 318 g/mol. The molecule has 0 aliphatic heterocycles. The maximum absolute atomic E-state index is 12.3. The minimum absolute atomic E-state index is 0.136. The molecule has 1 unspecified atom stereocenters. The van der Waals surface area contributed by atoms with Gasteiger partial charge >= 0.3 is 5.97 Å². The fourth-order valence-corrected chi connectivity index (χ4v) is 3.16. The van der Waals surface area contributed by atoms with Gasteiger partial charge in [0.15, 0.2) is 9.84 Å². The number of carboxylic acids is 1. The lowest BCUT2D eigenvalue weighted by Gasteiger charge is -2.20. The SMILES string of the molecule is CCC(CC)C(C)C(=O)Nc1cc(C(=O)O)cc(S(C)(=O)=O)c1. The predicted octanol–water partition coefficient (Wildman–Crippen LogP) is 2.80. The van der Waals surface area contributed by atoms with Gasteiger partial charge in [0.25, 0.3) is 0 Å². The Morgan fingerprint density at radius 2 is 1.74 bits per heavy atom. The van der Waals surface area contributed by atoms with E-state index in [1.165, 1.54) is 12.1 Å². The second-order valence-electron chi connectivity index (χ2n) is 5.68. The van der Waals surface area contributed by atoms with Crippen LogP contribution in [0.1, 0.15) is 44.0 Å². The first kappa shape index (κ1) is 19.2. The van der Waals surface area contributed by atoms with E-state index in [1.54, 1.807) is 0 Å². The molecule has 0 spiro atoms. The number of rotatable bonds is 7. The Kier molecular flexibility index (Phi) is 6.32. The van der Waals surface area contributed by atoms with Crippen molar-refractivity contribution in [3.63, 3.8) is 0 Å². The molecule has 1 aromatic rings. The number of nitrogens with one attached hydrogen (secondary N) is 1. The first-order valence-electron chi connectivity index (χ1n) is 7.49. The van der Waals surface area contributed by atoms with Gasteiger partial charge in [0.05, 0.1) is 10.5 Å². The number of anilines is 1. The van der Waals surface area contributed by atoms with Crippen molar-refractivity contribution in [2.45, 2.75) is 38.5 Å². The molecular formula is C16H23NO5S. The molecule has 0 radical (unpaired) electrons. The summed E-state index contributed by atoms with van der Waals surface area (Å²) < 4.78 is 23.3. The number of amides is 1. The molecule has 0 fully saturated rings. The van der Waals surface area contributed by atoms with Crippen molar-refractivity contribution in [1.29, 1.82) is 0 Å². The summed E-state index contributed by atoms with van der Waals surface area (Å²) in [6.07, 6.45) is 2.70. The highest BCUT2D eigenvalue weighted by atomic mass is 32.2. The van der Waals surface area contributed by atoms with Gasteiger partial charge < -0.3 is 10.4 Å². The topological polar surface area (TPSA) is 101 Å². The number of sulfone groups is 1. The van der Waals surface area contributed by atoms with E-state index in [2.05, 4.69) is 5.32 Å². The zero-order valence-corrected chi connectivity index (χ0v) is 14.6. The van der Waals surface area contributed by atoms with E-state index >= 15 is 0 Å². The largest absolute Gasteiger partial charge is 0.478 e. The Hall–Kier alpha value is -1.89. The number of carbonyl (C=O) groups is 2. The molecule has 6 nitrogen and oxygen atoms in total. The minimum Gasteiger partial charge on any atom is -0.478 e. The van der Waals surface area contributed by atoms with Crippen LogP contribution in [0.3, 0.4) is 0 Å². The van der Waals surface area contributed by atoms with E-state index in [4.69, 9.17) is 5.11 Å². The third kappa shape index (κ3) is 5.06. The lowest BCUT2D eigenvalue weighted by Crippen LogP contribution is -2.26. The van der Waals surface area contributed by atoms with Gasteiger partial charge in [0.2, 0.25) is 5.91 Å². The van der Waals surface area contributed by atoms with Crippen LogP contribution in [0.4, 0.5) is 5.69 Å². The van der Waals surface area contributed by atoms with Crippen molar-refractivity contribution in [2.75, 3.05) is 11.6 Å².